The van der Waals surface area contributed by atoms with E-state index in [4.69, 9.17) is 5.73 Å². The van der Waals surface area contributed by atoms with Gasteiger partial charge in [-0.2, -0.15) is 0 Å². The Bertz CT molecular complexity index is 424. The molecule has 1 fully saturated rings. The molecular weight excluding hydrogens is 250 g/mol. The molecule has 2 amide bonds. The average molecular weight is 275 g/mol. The van der Waals surface area contributed by atoms with Crippen LogP contribution in [0.2, 0.25) is 0 Å². The Hall–Kier alpha value is -1.55. The predicted octanol–water partition coefficient (Wildman–Crippen LogP) is 3.01. The SMILES string of the molecule is CCN(C(=O)NC1CCCCC1)c1ccc(CN)cc1. The summed E-state index contributed by atoms with van der Waals surface area (Å²) in [5, 5.41) is 3.16. The van der Waals surface area contributed by atoms with E-state index < -0.39 is 0 Å². The minimum Gasteiger partial charge on any atom is -0.335 e. The summed E-state index contributed by atoms with van der Waals surface area (Å²) in [5.41, 5.74) is 7.61. The second-order valence-corrected chi connectivity index (χ2v) is 5.40. The predicted molar refractivity (Wildman–Crippen MR) is 82.8 cm³/mol. The number of nitrogens with zero attached hydrogens (tertiary/aromatic N) is 1. The van der Waals surface area contributed by atoms with E-state index in [0.29, 0.717) is 19.1 Å². The van der Waals surface area contributed by atoms with E-state index in [-0.39, 0.29) is 6.03 Å². The zero-order chi connectivity index (χ0) is 14.4. The van der Waals surface area contributed by atoms with E-state index in [0.717, 1.165) is 24.1 Å². The van der Waals surface area contributed by atoms with Crippen LogP contribution in [0.15, 0.2) is 24.3 Å². The number of carbonyl (C=O) groups excluding carboxylic acids is 1. The molecule has 0 heterocycles. The number of carbonyl (C=O) groups is 1. The van der Waals surface area contributed by atoms with Crippen molar-refractivity contribution in [3.05, 3.63) is 29.8 Å². The first-order valence-corrected chi connectivity index (χ1v) is 7.61. The van der Waals surface area contributed by atoms with Crippen LogP contribution in [-0.4, -0.2) is 18.6 Å². The topological polar surface area (TPSA) is 58.4 Å². The molecule has 0 aromatic heterocycles. The fraction of sp³-hybridized carbons (Fsp3) is 0.562. The summed E-state index contributed by atoms with van der Waals surface area (Å²) in [4.78, 5) is 14.2. The Kier molecular flexibility index (Phi) is 5.41. The highest BCUT2D eigenvalue weighted by molar-refractivity contribution is 5.92. The maximum absolute atomic E-state index is 12.4. The molecule has 0 spiro atoms. The zero-order valence-corrected chi connectivity index (χ0v) is 12.3. The summed E-state index contributed by atoms with van der Waals surface area (Å²) in [5.74, 6) is 0. The van der Waals surface area contributed by atoms with Gasteiger partial charge >= 0.3 is 6.03 Å². The van der Waals surface area contributed by atoms with Crippen LogP contribution in [0.5, 0.6) is 0 Å². The van der Waals surface area contributed by atoms with Crippen LogP contribution in [0, 0.1) is 0 Å². The first-order valence-electron chi connectivity index (χ1n) is 7.61. The van der Waals surface area contributed by atoms with Gasteiger partial charge in [0.25, 0.3) is 0 Å². The first kappa shape index (κ1) is 14.9. The lowest BCUT2D eigenvalue weighted by atomic mass is 9.96. The Morgan fingerprint density at radius 3 is 2.45 bits per heavy atom. The van der Waals surface area contributed by atoms with Gasteiger partial charge in [-0.25, -0.2) is 4.79 Å². The van der Waals surface area contributed by atoms with Gasteiger partial charge in [0.15, 0.2) is 0 Å². The van der Waals surface area contributed by atoms with Gasteiger partial charge in [-0.3, -0.25) is 4.90 Å². The molecule has 1 aromatic carbocycles. The Morgan fingerprint density at radius 2 is 1.90 bits per heavy atom. The number of benzene rings is 1. The van der Waals surface area contributed by atoms with Crippen LogP contribution in [-0.2, 0) is 6.54 Å². The van der Waals surface area contributed by atoms with E-state index in [1.807, 2.05) is 31.2 Å². The van der Waals surface area contributed by atoms with Crippen LogP contribution in [0.3, 0.4) is 0 Å². The molecule has 0 saturated heterocycles. The highest BCUT2D eigenvalue weighted by atomic mass is 16.2. The van der Waals surface area contributed by atoms with Crippen molar-refractivity contribution in [2.45, 2.75) is 51.6 Å². The monoisotopic (exact) mass is 275 g/mol. The summed E-state index contributed by atoms with van der Waals surface area (Å²) < 4.78 is 0. The van der Waals surface area contributed by atoms with Crippen molar-refractivity contribution >= 4 is 11.7 Å². The fourth-order valence-corrected chi connectivity index (χ4v) is 2.75. The molecule has 0 aliphatic heterocycles. The van der Waals surface area contributed by atoms with Gasteiger partial charge < -0.3 is 11.1 Å². The molecule has 20 heavy (non-hydrogen) atoms. The van der Waals surface area contributed by atoms with Gasteiger partial charge in [-0.15, -0.1) is 0 Å². The number of hydrogen-bond donors (Lipinski definition) is 2. The third-order valence-electron chi connectivity index (χ3n) is 3.98. The van der Waals surface area contributed by atoms with Gasteiger partial charge in [0.05, 0.1) is 0 Å². The average Bonchev–Trinajstić information content (AvgIpc) is 2.49. The summed E-state index contributed by atoms with van der Waals surface area (Å²) in [6.45, 7) is 3.19. The van der Waals surface area contributed by atoms with Crippen LogP contribution in [0.25, 0.3) is 0 Å². The van der Waals surface area contributed by atoms with Crippen LogP contribution in [0.1, 0.15) is 44.6 Å². The van der Waals surface area contributed by atoms with Crippen molar-refractivity contribution < 1.29 is 4.79 Å². The molecule has 4 nitrogen and oxygen atoms in total. The minimum absolute atomic E-state index is 0.0138. The maximum atomic E-state index is 12.4. The number of nitrogens with one attached hydrogen (secondary N) is 1. The first-order chi connectivity index (χ1) is 9.74. The van der Waals surface area contributed by atoms with Gasteiger partial charge in [0.2, 0.25) is 0 Å². The van der Waals surface area contributed by atoms with Crippen LogP contribution in [0.4, 0.5) is 10.5 Å². The molecule has 3 N–H and O–H groups in total. The number of anilines is 1. The van der Waals surface area contributed by atoms with Crippen molar-refractivity contribution in [3.8, 4) is 0 Å². The molecule has 1 saturated carbocycles. The molecule has 1 aromatic rings. The third-order valence-corrected chi connectivity index (χ3v) is 3.98. The number of hydrogen-bond acceptors (Lipinski definition) is 2. The standard InChI is InChI=1S/C16H25N3O/c1-2-19(15-10-8-13(12-17)9-11-15)16(20)18-14-6-4-3-5-7-14/h8-11,14H,2-7,12,17H2,1H3,(H,18,20). The Balaban J connectivity index is 2.00. The zero-order valence-electron chi connectivity index (χ0n) is 12.3. The molecule has 4 heteroatoms. The molecule has 0 atom stereocenters. The van der Waals surface area contributed by atoms with Crippen molar-refractivity contribution in [1.29, 1.82) is 0 Å². The quantitative estimate of drug-likeness (QED) is 0.887. The van der Waals surface area contributed by atoms with Gasteiger partial charge in [-0.1, -0.05) is 31.4 Å². The molecule has 1 aliphatic carbocycles. The second kappa shape index (κ2) is 7.29. The lowest BCUT2D eigenvalue weighted by Gasteiger charge is -2.27. The normalized spacial score (nSPS) is 15.9. The van der Waals surface area contributed by atoms with Crippen molar-refractivity contribution in [2.24, 2.45) is 5.73 Å². The number of nitrogens with two attached hydrogens (primary N) is 1. The highest BCUT2D eigenvalue weighted by Gasteiger charge is 2.19. The van der Waals surface area contributed by atoms with E-state index in [1.54, 1.807) is 4.90 Å². The summed E-state index contributed by atoms with van der Waals surface area (Å²) in [7, 11) is 0. The van der Waals surface area contributed by atoms with E-state index in [9.17, 15) is 4.79 Å². The molecule has 0 unspecified atom stereocenters. The minimum atomic E-state index is 0.0138. The molecule has 0 radical (unpaired) electrons. The highest BCUT2D eigenvalue weighted by Crippen LogP contribution is 2.19. The smallest absolute Gasteiger partial charge is 0.322 e. The van der Waals surface area contributed by atoms with E-state index in [1.165, 1.54) is 19.3 Å². The van der Waals surface area contributed by atoms with Gasteiger partial charge in [0.1, 0.15) is 0 Å². The maximum Gasteiger partial charge on any atom is 0.322 e. The summed E-state index contributed by atoms with van der Waals surface area (Å²) in [6.07, 6.45) is 5.96. The van der Waals surface area contributed by atoms with E-state index in [2.05, 4.69) is 5.32 Å². The Labute approximate surface area is 121 Å². The third kappa shape index (κ3) is 3.73. The number of urea groups is 1. The molecule has 2 rings (SSSR count). The Morgan fingerprint density at radius 1 is 1.25 bits per heavy atom. The van der Waals surface area contributed by atoms with Crippen molar-refractivity contribution in [1.82, 2.24) is 5.32 Å². The summed E-state index contributed by atoms with van der Waals surface area (Å²) in [6, 6.07) is 8.24. The molecule has 0 bridgehead atoms. The second-order valence-electron chi connectivity index (χ2n) is 5.40. The molecular formula is C16H25N3O. The van der Waals surface area contributed by atoms with Crippen LogP contribution < -0.4 is 16.0 Å². The van der Waals surface area contributed by atoms with Crippen molar-refractivity contribution in [2.75, 3.05) is 11.4 Å². The van der Waals surface area contributed by atoms with Crippen LogP contribution >= 0.6 is 0 Å². The molecule has 1 aliphatic rings. The number of amides is 2. The summed E-state index contributed by atoms with van der Waals surface area (Å²) >= 11 is 0. The lowest BCUT2D eigenvalue weighted by molar-refractivity contribution is 0.238. The van der Waals surface area contributed by atoms with Gasteiger partial charge in [0, 0.05) is 24.8 Å². The van der Waals surface area contributed by atoms with Gasteiger partial charge in [-0.05, 0) is 37.5 Å². The largest absolute Gasteiger partial charge is 0.335 e. The number of rotatable bonds is 4. The molecule has 110 valence electrons. The van der Waals surface area contributed by atoms with E-state index >= 15 is 0 Å². The fourth-order valence-electron chi connectivity index (χ4n) is 2.75. The van der Waals surface area contributed by atoms with Crippen molar-refractivity contribution in [3.63, 3.8) is 0 Å². The lowest BCUT2D eigenvalue weighted by Crippen LogP contribution is -2.45.